The maximum Gasteiger partial charge on any atom is 0.172 e. The van der Waals surface area contributed by atoms with Gasteiger partial charge in [0.05, 0.1) is 13.5 Å². The quantitative estimate of drug-likeness (QED) is 0.589. The Balaban J connectivity index is 2.22. The van der Waals surface area contributed by atoms with Crippen LogP contribution in [-0.2, 0) is 0 Å². The van der Waals surface area contributed by atoms with Gasteiger partial charge >= 0.3 is 0 Å². The number of hydrazone groups is 1. The van der Waals surface area contributed by atoms with Crippen LogP contribution in [0, 0.1) is 0 Å². The van der Waals surface area contributed by atoms with Crippen molar-refractivity contribution in [2.75, 3.05) is 14.1 Å². The first-order valence-corrected chi connectivity index (χ1v) is 4.63. The number of hydrazine groups is 1. The number of rotatable bonds is 1. The molecule has 2 rings (SSSR count). The fourth-order valence-electron chi connectivity index (χ4n) is 1.78. The highest BCUT2D eigenvalue weighted by Gasteiger charge is 2.27. The fourth-order valence-corrected chi connectivity index (χ4v) is 1.78. The Morgan fingerprint density at radius 1 is 1.31 bits per heavy atom. The summed E-state index contributed by atoms with van der Waals surface area (Å²) in [5.74, 6) is 0. The molecule has 68 valence electrons. The Kier molecular flexibility index (Phi) is 2.05. The monoisotopic (exact) mass is 175 g/mol. The van der Waals surface area contributed by atoms with E-state index in [0.717, 1.165) is 6.42 Å². The van der Waals surface area contributed by atoms with Crippen LogP contribution < -0.4 is 0 Å². The molecule has 1 aromatic carbocycles. The average molecular weight is 175 g/mol. The largest absolute Gasteiger partial charge is 0.182 e. The van der Waals surface area contributed by atoms with E-state index in [9.17, 15) is 0 Å². The molecule has 1 aromatic rings. The first-order valence-electron chi connectivity index (χ1n) is 4.63. The first-order chi connectivity index (χ1) is 6.29. The molecule has 0 radical (unpaired) electrons. The Labute approximate surface area is 79.1 Å². The van der Waals surface area contributed by atoms with Gasteiger partial charge in [0.25, 0.3) is 0 Å². The lowest BCUT2D eigenvalue weighted by Gasteiger charge is -2.17. The summed E-state index contributed by atoms with van der Waals surface area (Å²) in [6.45, 7) is 0. The Hall–Kier alpha value is -1.31. The van der Waals surface area contributed by atoms with Gasteiger partial charge in [-0.15, -0.1) is 4.68 Å². The third-order valence-electron chi connectivity index (χ3n) is 2.73. The molecule has 0 aliphatic carbocycles. The molecule has 0 fully saturated rings. The van der Waals surface area contributed by atoms with Crippen molar-refractivity contribution in [1.29, 1.82) is 0 Å². The Morgan fingerprint density at radius 2 is 2.00 bits per heavy atom. The summed E-state index contributed by atoms with van der Waals surface area (Å²) < 4.78 is 2.15. The van der Waals surface area contributed by atoms with Crippen molar-refractivity contribution in [3.63, 3.8) is 0 Å². The van der Waals surface area contributed by atoms with Gasteiger partial charge in [0.1, 0.15) is 6.04 Å². The van der Waals surface area contributed by atoms with Gasteiger partial charge < -0.3 is 0 Å². The minimum Gasteiger partial charge on any atom is -0.182 e. The Morgan fingerprint density at radius 3 is 2.54 bits per heavy atom. The molecule has 0 N–H and O–H groups in total. The lowest BCUT2D eigenvalue weighted by atomic mass is 10.1. The number of hydrogen-bond acceptors (Lipinski definition) is 1. The molecule has 1 unspecified atom stereocenters. The standard InChI is InChI=1S/C11H15N2/c1-12-9-8-11(13(12)2)10-6-4-3-5-7-10/h3-7,9,11H,8H2,1-2H3/q+1. The molecular weight excluding hydrogens is 160 g/mol. The van der Waals surface area contributed by atoms with Gasteiger partial charge in [0, 0.05) is 0 Å². The Bertz CT molecular complexity index is 316. The van der Waals surface area contributed by atoms with Crippen LogP contribution >= 0.6 is 0 Å². The molecule has 1 heterocycles. The predicted octanol–water partition coefficient (Wildman–Crippen LogP) is 1.69. The van der Waals surface area contributed by atoms with Crippen molar-refractivity contribution in [1.82, 2.24) is 5.01 Å². The van der Waals surface area contributed by atoms with E-state index in [1.807, 2.05) is 0 Å². The predicted molar refractivity (Wildman–Crippen MR) is 53.8 cm³/mol. The molecule has 2 heteroatoms. The summed E-state index contributed by atoms with van der Waals surface area (Å²) in [5, 5.41) is 2.26. The van der Waals surface area contributed by atoms with Gasteiger partial charge in [-0.05, 0) is 5.56 Å². The van der Waals surface area contributed by atoms with Crippen molar-refractivity contribution < 1.29 is 4.68 Å². The smallest absolute Gasteiger partial charge is 0.172 e. The van der Waals surface area contributed by atoms with E-state index < -0.39 is 0 Å². The minimum absolute atomic E-state index is 0.520. The van der Waals surface area contributed by atoms with Gasteiger partial charge in [0.2, 0.25) is 0 Å². The molecule has 1 atom stereocenters. The second-order valence-corrected chi connectivity index (χ2v) is 3.49. The zero-order valence-electron chi connectivity index (χ0n) is 8.14. The maximum atomic E-state index is 2.26. The molecule has 13 heavy (non-hydrogen) atoms. The van der Waals surface area contributed by atoms with E-state index >= 15 is 0 Å². The van der Waals surface area contributed by atoms with Gasteiger partial charge in [-0.1, -0.05) is 30.3 Å². The van der Waals surface area contributed by atoms with Crippen LogP contribution in [0.25, 0.3) is 0 Å². The van der Waals surface area contributed by atoms with Crippen molar-refractivity contribution in [2.24, 2.45) is 0 Å². The van der Waals surface area contributed by atoms with Crippen LogP contribution in [0.2, 0.25) is 0 Å². The van der Waals surface area contributed by atoms with Gasteiger partial charge in [-0.2, -0.15) is 5.01 Å². The second kappa shape index (κ2) is 3.21. The summed E-state index contributed by atoms with van der Waals surface area (Å²) >= 11 is 0. The summed E-state index contributed by atoms with van der Waals surface area (Å²) in [6, 6.07) is 11.2. The minimum atomic E-state index is 0.520. The summed E-state index contributed by atoms with van der Waals surface area (Å²) in [7, 11) is 4.21. The highest BCUT2D eigenvalue weighted by molar-refractivity contribution is 5.54. The zero-order chi connectivity index (χ0) is 9.26. The zero-order valence-corrected chi connectivity index (χ0v) is 8.14. The average Bonchev–Trinajstić information content (AvgIpc) is 2.49. The number of hydrogen-bond donors (Lipinski definition) is 0. The fraction of sp³-hybridized carbons (Fsp3) is 0.364. The van der Waals surface area contributed by atoms with Crippen molar-refractivity contribution in [3.05, 3.63) is 35.9 Å². The van der Waals surface area contributed by atoms with Crippen molar-refractivity contribution in [3.8, 4) is 0 Å². The van der Waals surface area contributed by atoms with Gasteiger partial charge in [-0.3, -0.25) is 0 Å². The topological polar surface area (TPSA) is 6.25 Å². The van der Waals surface area contributed by atoms with Crippen LogP contribution in [0.15, 0.2) is 30.3 Å². The molecule has 0 saturated carbocycles. The molecule has 0 aromatic heterocycles. The molecule has 1 aliphatic heterocycles. The molecule has 2 nitrogen and oxygen atoms in total. The van der Waals surface area contributed by atoms with E-state index in [1.165, 1.54) is 5.56 Å². The SMILES string of the molecule is CN1C(c2ccccc2)CC=[N+]1C. The maximum absolute atomic E-state index is 2.26. The highest BCUT2D eigenvalue weighted by atomic mass is 15.6. The summed E-state index contributed by atoms with van der Waals surface area (Å²) in [5.41, 5.74) is 1.39. The van der Waals surface area contributed by atoms with E-state index in [0.29, 0.717) is 6.04 Å². The third kappa shape index (κ3) is 1.44. The first kappa shape index (κ1) is 8.30. The third-order valence-corrected chi connectivity index (χ3v) is 2.73. The van der Waals surface area contributed by atoms with Crippen LogP contribution in [0.1, 0.15) is 18.0 Å². The molecular formula is C11H15N2+. The normalized spacial score (nSPS) is 21.8. The van der Waals surface area contributed by atoms with Gasteiger partial charge in [-0.25, -0.2) is 0 Å². The molecule has 0 bridgehead atoms. The summed E-state index contributed by atoms with van der Waals surface area (Å²) in [4.78, 5) is 0. The van der Waals surface area contributed by atoms with Crippen LogP contribution in [0.3, 0.4) is 0 Å². The molecule has 0 spiro atoms. The number of nitrogens with zero attached hydrogens (tertiary/aromatic N) is 2. The van der Waals surface area contributed by atoms with Crippen LogP contribution in [0.5, 0.6) is 0 Å². The van der Waals surface area contributed by atoms with E-state index in [2.05, 4.69) is 60.3 Å². The molecule has 1 aliphatic rings. The molecule has 0 saturated heterocycles. The van der Waals surface area contributed by atoms with Crippen LogP contribution in [0.4, 0.5) is 0 Å². The highest BCUT2D eigenvalue weighted by Crippen LogP contribution is 2.24. The van der Waals surface area contributed by atoms with Gasteiger partial charge in [0.15, 0.2) is 13.3 Å². The number of benzene rings is 1. The van der Waals surface area contributed by atoms with Crippen LogP contribution in [-0.4, -0.2) is 30.0 Å². The molecule has 0 amide bonds. The van der Waals surface area contributed by atoms with E-state index in [-0.39, 0.29) is 0 Å². The van der Waals surface area contributed by atoms with E-state index in [1.54, 1.807) is 0 Å². The second-order valence-electron chi connectivity index (χ2n) is 3.49. The van der Waals surface area contributed by atoms with Crippen molar-refractivity contribution >= 4 is 6.21 Å². The summed E-state index contributed by atoms with van der Waals surface area (Å²) in [6.07, 6.45) is 3.33. The van der Waals surface area contributed by atoms with E-state index in [4.69, 9.17) is 0 Å². The lowest BCUT2D eigenvalue weighted by Crippen LogP contribution is -2.26. The van der Waals surface area contributed by atoms with Crippen molar-refractivity contribution in [2.45, 2.75) is 12.5 Å². The lowest BCUT2D eigenvalue weighted by molar-refractivity contribution is -0.657.